The van der Waals surface area contributed by atoms with E-state index in [-0.39, 0.29) is 5.41 Å². The number of benzene rings is 1. The molecule has 1 aromatic rings. The van der Waals surface area contributed by atoms with Gasteiger partial charge in [-0.25, -0.2) is 8.78 Å². The Morgan fingerprint density at radius 3 is 2.74 bits per heavy atom. The number of hydrogen-bond acceptors (Lipinski definition) is 3. The zero-order chi connectivity index (χ0) is 13.5. The normalized spacial score (nSPS) is 20.4. The second-order valence-electron chi connectivity index (χ2n) is 5.38. The summed E-state index contributed by atoms with van der Waals surface area (Å²) in [5, 5.41) is 3.29. The van der Waals surface area contributed by atoms with Crippen LogP contribution in [0.2, 0.25) is 0 Å². The van der Waals surface area contributed by atoms with Gasteiger partial charge in [0, 0.05) is 31.6 Å². The van der Waals surface area contributed by atoms with Crippen LogP contribution in [-0.4, -0.2) is 37.5 Å². The molecular weight excluding hydrogens is 248 g/mol. The number of nitrogens with one attached hydrogen (secondary N) is 1. The number of guanidine groups is 1. The first-order chi connectivity index (χ1) is 9.11. The summed E-state index contributed by atoms with van der Waals surface area (Å²) in [4.78, 5) is 6.41. The number of rotatable bonds is 3. The smallest absolute Gasteiger partial charge is 0.193 e. The van der Waals surface area contributed by atoms with E-state index < -0.39 is 11.6 Å². The van der Waals surface area contributed by atoms with Crippen molar-refractivity contribution in [2.45, 2.75) is 18.3 Å². The Balaban J connectivity index is 1.73. The van der Waals surface area contributed by atoms with Gasteiger partial charge in [-0.2, -0.15) is 0 Å². The highest BCUT2D eigenvalue weighted by molar-refractivity contribution is 5.81. The van der Waals surface area contributed by atoms with Crippen molar-refractivity contribution < 1.29 is 8.78 Å². The Labute approximate surface area is 111 Å². The average molecular weight is 265 g/mol. The van der Waals surface area contributed by atoms with Gasteiger partial charge >= 0.3 is 0 Å². The van der Waals surface area contributed by atoms with E-state index in [1.165, 1.54) is 6.07 Å². The summed E-state index contributed by atoms with van der Waals surface area (Å²) >= 11 is 0. The number of hydrogen-bond donors (Lipinski definition) is 1. The lowest BCUT2D eigenvalue weighted by molar-refractivity contribution is 0.512. The third-order valence-electron chi connectivity index (χ3n) is 4.00. The van der Waals surface area contributed by atoms with Crippen LogP contribution in [0.1, 0.15) is 18.4 Å². The molecule has 3 rings (SSSR count). The molecular formula is C14H17F2N3. The maximum Gasteiger partial charge on any atom is 0.193 e. The summed E-state index contributed by atoms with van der Waals surface area (Å²) in [6.07, 6.45) is 1.86. The molecule has 0 unspecified atom stereocenters. The molecule has 1 fully saturated rings. The van der Waals surface area contributed by atoms with Gasteiger partial charge in [-0.1, -0.05) is 6.07 Å². The van der Waals surface area contributed by atoms with Crippen LogP contribution < -0.4 is 5.32 Å². The highest BCUT2D eigenvalue weighted by atomic mass is 19.1. The van der Waals surface area contributed by atoms with Crippen molar-refractivity contribution in [2.75, 3.05) is 26.7 Å². The van der Waals surface area contributed by atoms with Gasteiger partial charge in [0.05, 0.1) is 6.54 Å². The van der Waals surface area contributed by atoms with Gasteiger partial charge in [0.15, 0.2) is 5.96 Å². The fourth-order valence-corrected chi connectivity index (χ4v) is 2.58. The van der Waals surface area contributed by atoms with E-state index in [0.29, 0.717) is 12.1 Å². The van der Waals surface area contributed by atoms with E-state index in [2.05, 4.69) is 15.2 Å². The molecule has 1 N–H and O–H groups in total. The van der Waals surface area contributed by atoms with Gasteiger partial charge < -0.3 is 10.2 Å². The summed E-state index contributed by atoms with van der Waals surface area (Å²) in [6.45, 7) is 2.37. The van der Waals surface area contributed by atoms with Gasteiger partial charge in [-0.05, 0) is 24.5 Å². The largest absolute Gasteiger partial charge is 0.355 e. The van der Waals surface area contributed by atoms with E-state index in [1.54, 1.807) is 6.07 Å². The molecule has 5 heteroatoms. The Morgan fingerprint density at radius 2 is 2.16 bits per heavy atom. The first kappa shape index (κ1) is 12.4. The highest BCUT2D eigenvalue weighted by Crippen LogP contribution is 2.48. The van der Waals surface area contributed by atoms with Crippen molar-refractivity contribution in [2.24, 2.45) is 4.99 Å². The minimum absolute atomic E-state index is 0.191. The molecule has 19 heavy (non-hydrogen) atoms. The van der Waals surface area contributed by atoms with Crippen LogP contribution in [-0.2, 0) is 5.41 Å². The Kier molecular flexibility index (Phi) is 2.92. The Hall–Kier alpha value is -1.65. The van der Waals surface area contributed by atoms with Crippen molar-refractivity contribution >= 4 is 5.96 Å². The van der Waals surface area contributed by atoms with Crippen molar-refractivity contribution in [3.8, 4) is 0 Å². The van der Waals surface area contributed by atoms with Gasteiger partial charge in [0.25, 0.3) is 0 Å². The molecule has 0 atom stereocenters. The molecule has 3 nitrogen and oxygen atoms in total. The number of halogens is 2. The molecule has 0 radical (unpaired) electrons. The summed E-state index contributed by atoms with van der Waals surface area (Å²) in [6, 6.07) is 3.87. The monoisotopic (exact) mass is 265 g/mol. The van der Waals surface area contributed by atoms with Crippen LogP contribution in [0, 0.1) is 11.6 Å². The fraction of sp³-hybridized carbons (Fsp3) is 0.500. The Bertz CT molecular complexity index is 523. The van der Waals surface area contributed by atoms with E-state index in [1.807, 2.05) is 7.05 Å². The van der Waals surface area contributed by atoms with Crippen molar-refractivity contribution in [1.82, 2.24) is 10.2 Å². The Morgan fingerprint density at radius 1 is 1.37 bits per heavy atom. The third kappa shape index (κ3) is 2.29. The summed E-state index contributed by atoms with van der Waals surface area (Å²) < 4.78 is 26.8. The quantitative estimate of drug-likeness (QED) is 0.903. The fourth-order valence-electron chi connectivity index (χ4n) is 2.58. The average Bonchev–Trinajstić information content (AvgIpc) is 3.03. The summed E-state index contributed by atoms with van der Waals surface area (Å²) in [5.74, 6) is -0.0975. The second-order valence-corrected chi connectivity index (χ2v) is 5.38. The van der Waals surface area contributed by atoms with Crippen molar-refractivity contribution in [3.05, 3.63) is 35.4 Å². The molecule has 0 spiro atoms. The predicted octanol–water partition coefficient (Wildman–Crippen LogP) is 1.89. The molecule has 1 aromatic carbocycles. The standard InChI is InChI=1S/C14H17F2N3/c1-19-7-6-17-13(19)18-9-14(4-5-14)11-3-2-10(15)8-12(11)16/h2-3,8H,4-7,9H2,1H3,(H,17,18). The van der Waals surface area contributed by atoms with Crippen LogP contribution in [0.4, 0.5) is 8.78 Å². The number of likely N-dealkylation sites (N-methyl/N-ethyl adjacent to an activating group) is 1. The maximum absolute atomic E-state index is 13.9. The van der Waals surface area contributed by atoms with Crippen molar-refractivity contribution in [1.29, 1.82) is 0 Å². The van der Waals surface area contributed by atoms with Gasteiger partial charge in [0.1, 0.15) is 11.6 Å². The number of aliphatic imine (C=N–C) groups is 1. The summed E-state index contributed by atoms with van der Waals surface area (Å²) in [5.41, 5.74) is 0.423. The SMILES string of the molecule is CN1CCN=C1NCC1(c2ccc(F)cc2F)CC1. The minimum atomic E-state index is -0.523. The molecule has 2 aliphatic rings. The van der Waals surface area contributed by atoms with E-state index >= 15 is 0 Å². The highest BCUT2D eigenvalue weighted by Gasteiger charge is 2.46. The molecule has 0 bridgehead atoms. The van der Waals surface area contributed by atoms with Gasteiger partial charge in [-0.15, -0.1) is 0 Å². The minimum Gasteiger partial charge on any atom is -0.355 e. The molecule has 1 saturated carbocycles. The lowest BCUT2D eigenvalue weighted by Gasteiger charge is -2.21. The zero-order valence-corrected chi connectivity index (χ0v) is 10.9. The van der Waals surface area contributed by atoms with Crippen LogP contribution in [0.15, 0.2) is 23.2 Å². The molecule has 0 saturated heterocycles. The van der Waals surface area contributed by atoms with Crippen LogP contribution in [0.3, 0.4) is 0 Å². The van der Waals surface area contributed by atoms with Gasteiger partial charge in [0.2, 0.25) is 0 Å². The molecule has 0 amide bonds. The van der Waals surface area contributed by atoms with Crippen molar-refractivity contribution in [3.63, 3.8) is 0 Å². The third-order valence-corrected chi connectivity index (χ3v) is 4.00. The van der Waals surface area contributed by atoms with Gasteiger partial charge in [-0.3, -0.25) is 4.99 Å². The maximum atomic E-state index is 13.9. The predicted molar refractivity (Wildman–Crippen MR) is 70.2 cm³/mol. The molecule has 1 aliphatic heterocycles. The first-order valence-corrected chi connectivity index (χ1v) is 6.56. The van der Waals surface area contributed by atoms with E-state index in [9.17, 15) is 8.78 Å². The zero-order valence-electron chi connectivity index (χ0n) is 10.9. The van der Waals surface area contributed by atoms with Crippen LogP contribution in [0.25, 0.3) is 0 Å². The second kappa shape index (κ2) is 4.47. The molecule has 1 aliphatic carbocycles. The van der Waals surface area contributed by atoms with E-state index in [4.69, 9.17) is 0 Å². The molecule has 102 valence electrons. The van der Waals surface area contributed by atoms with E-state index in [0.717, 1.165) is 38.0 Å². The first-order valence-electron chi connectivity index (χ1n) is 6.56. The molecule has 0 aromatic heterocycles. The van der Waals surface area contributed by atoms with Crippen LogP contribution >= 0.6 is 0 Å². The molecule has 1 heterocycles. The lowest BCUT2D eigenvalue weighted by Crippen LogP contribution is -2.40. The van der Waals surface area contributed by atoms with Crippen LogP contribution in [0.5, 0.6) is 0 Å². The number of nitrogens with zero attached hydrogens (tertiary/aromatic N) is 2. The summed E-state index contributed by atoms with van der Waals surface area (Å²) in [7, 11) is 1.98. The lowest BCUT2D eigenvalue weighted by atomic mass is 9.95. The topological polar surface area (TPSA) is 27.6 Å².